The Hall–Kier alpha value is -2.27. The molecule has 0 spiro atoms. The number of benzene rings is 1. The Morgan fingerprint density at radius 3 is 2.81 bits per heavy atom. The number of nitrogen functional groups attached to an aromatic ring is 1. The first-order chi connectivity index (χ1) is 10.0. The molecule has 0 fully saturated rings. The van der Waals surface area contributed by atoms with Gasteiger partial charge in [0.2, 0.25) is 5.91 Å². The van der Waals surface area contributed by atoms with E-state index in [1.165, 1.54) is 22.9 Å². The molecule has 0 saturated carbocycles. The predicted octanol–water partition coefficient (Wildman–Crippen LogP) is 2.67. The van der Waals surface area contributed by atoms with E-state index in [-0.39, 0.29) is 11.5 Å². The Labute approximate surface area is 127 Å². The summed E-state index contributed by atoms with van der Waals surface area (Å²) in [5.41, 5.74) is 6.55. The lowest BCUT2D eigenvalue weighted by Gasteiger charge is -2.18. The van der Waals surface area contributed by atoms with Crippen LogP contribution in [0, 0.1) is 0 Å². The summed E-state index contributed by atoms with van der Waals surface area (Å²) in [6.45, 7) is 1.83. The molecule has 1 atom stereocenters. The SMILES string of the molecule is CCC(C(=O)Nc1cccc(N)c1)n1cc(Cl)ccc1=O. The van der Waals surface area contributed by atoms with Gasteiger partial charge in [0.05, 0.1) is 5.02 Å². The minimum Gasteiger partial charge on any atom is -0.399 e. The van der Waals surface area contributed by atoms with Crippen LogP contribution in [0.15, 0.2) is 47.4 Å². The van der Waals surface area contributed by atoms with Crippen LogP contribution in [0.5, 0.6) is 0 Å². The molecule has 5 nitrogen and oxygen atoms in total. The molecule has 1 aromatic carbocycles. The molecule has 21 heavy (non-hydrogen) atoms. The number of hydrogen-bond acceptors (Lipinski definition) is 3. The average molecular weight is 306 g/mol. The Balaban J connectivity index is 2.27. The molecule has 0 aliphatic rings. The third kappa shape index (κ3) is 3.64. The van der Waals surface area contributed by atoms with Crippen LogP contribution in [0.1, 0.15) is 19.4 Å². The maximum atomic E-state index is 12.4. The Morgan fingerprint density at radius 1 is 1.38 bits per heavy atom. The predicted molar refractivity (Wildman–Crippen MR) is 84.5 cm³/mol. The van der Waals surface area contributed by atoms with Crippen molar-refractivity contribution in [2.75, 3.05) is 11.1 Å². The van der Waals surface area contributed by atoms with Crippen LogP contribution in [0.25, 0.3) is 0 Å². The number of nitrogens with one attached hydrogen (secondary N) is 1. The fraction of sp³-hybridized carbons (Fsp3) is 0.200. The number of anilines is 2. The van der Waals surface area contributed by atoms with Crippen LogP contribution in [0.4, 0.5) is 11.4 Å². The van der Waals surface area contributed by atoms with Crippen LogP contribution >= 0.6 is 11.6 Å². The van der Waals surface area contributed by atoms with Gasteiger partial charge in [-0.1, -0.05) is 24.6 Å². The lowest BCUT2D eigenvalue weighted by Crippen LogP contribution is -2.32. The molecule has 0 aliphatic carbocycles. The lowest BCUT2D eigenvalue weighted by atomic mass is 10.2. The summed E-state index contributed by atoms with van der Waals surface area (Å²) < 4.78 is 1.34. The van der Waals surface area contributed by atoms with Gasteiger partial charge < -0.3 is 15.6 Å². The summed E-state index contributed by atoms with van der Waals surface area (Å²) in [4.78, 5) is 24.3. The smallest absolute Gasteiger partial charge is 0.251 e. The van der Waals surface area contributed by atoms with Crippen LogP contribution in [-0.4, -0.2) is 10.5 Å². The second-order valence-corrected chi connectivity index (χ2v) is 5.07. The zero-order valence-corrected chi connectivity index (χ0v) is 12.3. The van der Waals surface area contributed by atoms with E-state index in [2.05, 4.69) is 5.32 Å². The summed E-state index contributed by atoms with van der Waals surface area (Å²) in [5.74, 6) is -0.285. The van der Waals surface area contributed by atoms with Crippen molar-refractivity contribution in [3.63, 3.8) is 0 Å². The van der Waals surface area contributed by atoms with Gasteiger partial charge in [0.15, 0.2) is 0 Å². The quantitative estimate of drug-likeness (QED) is 0.853. The molecule has 1 amide bonds. The zero-order valence-electron chi connectivity index (χ0n) is 11.5. The maximum absolute atomic E-state index is 12.4. The van der Waals surface area contributed by atoms with E-state index in [0.29, 0.717) is 22.8 Å². The van der Waals surface area contributed by atoms with E-state index in [1.54, 1.807) is 24.3 Å². The molecule has 3 N–H and O–H groups in total. The number of aromatic nitrogens is 1. The molecular weight excluding hydrogens is 290 g/mol. The first kappa shape index (κ1) is 15.1. The second-order valence-electron chi connectivity index (χ2n) is 4.63. The number of halogens is 1. The molecule has 1 aromatic heterocycles. The Morgan fingerprint density at radius 2 is 2.14 bits per heavy atom. The Kier molecular flexibility index (Phi) is 4.65. The van der Waals surface area contributed by atoms with Crippen LogP contribution in [0.3, 0.4) is 0 Å². The van der Waals surface area contributed by atoms with Gasteiger partial charge >= 0.3 is 0 Å². The van der Waals surface area contributed by atoms with Gasteiger partial charge in [0.25, 0.3) is 5.56 Å². The van der Waals surface area contributed by atoms with Crippen molar-refractivity contribution in [1.29, 1.82) is 0 Å². The van der Waals surface area contributed by atoms with Gasteiger partial charge in [-0.15, -0.1) is 0 Å². The van der Waals surface area contributed by atoms with Gasteiger partial charge in [-0.2, -0.15) is 0 Å². The molecule has 1 heterocycles. The molecule has 0 radical (unpaired) electrons. The number of amides is 1. The highest BCUT2D eigenvalue weighted by Gasteiger charge is 2.19. The minimum absolute atomic E-state index is 0.269. The van der Waals surface area contributed by atoms with Crippen molar-refractivity contribution in [2.24, 2.45) is 0 Å². The van der Waals surface area contributed by atoms with E-state index in [9.17, 15) is 9.59 Å². The van der Waals surface area contributed by atoms with Crippen molar-refractivity contribution in [3.05, 3.63) is 58.0 Å². The molecule has 1 unspecified atom stereocenters. The number of carbonyl (C=O) groups is 1. The number of hydrogen-bond donors (Lipinski definition) is 2. The average Bonchev–Trinajstić information content (AvgIpc) is 2.43. The molecule has 2 rings (SSSR count). The maximum Gasteiger partial charge on any atom is 0.251 e. The normalized spacial score (nSPS) is 11.9. The first-order valence-electron chi connectivity index (χ1n) is 6.55. The molecule has 0 saturated heterocycles. The summed E-state index contributed by atoms with van der Waals surface area (Å²) in [7, 11) is 0. The molecule has 0 bridgehead atoms. The summed E-state index contributed by atoms with van der Waals surface area (Å²) in [6.07, 6.45) is 1.94. The Bertz CT molecular complexity index is 712. The number of nitrogens with two attached hydrogens (primary N) is 1. The van der Waals surface area contributed by atoms with Gasteiger partial charge in [-0.25, -0.2) is 0 Å². The van der Waals surface area contributed by atoms with Crippen LogP contribution in [-0.2, 0) is 4.79 Å². The molecule has 6 heteroatoms. The van der Waals surface area contributed by atoms with E-state index in [1.807, 2.05) is 6.92 Å². The van der Waals surface area contributed by atoms with Crippen LogP contribution < -0.4 is 16.6 Å². The highest BCUT2D eigenvalue weighted by molar-refractivity contribution is 6.30. The summed E-state index contributed by atoms with van der Waals surface area (Å²) >= 11 is 5.90. The minimum atomic E-state index is -0.627. The monoisotopic (exact) mass is 305 g/mol. The molecule has 2 aromatic rings. The van der Waals surface area contributed by atoms with Gasteiger partial charge in [0, 0.05) is 23.6 Å². The number of carbonyl (C=O) groups excluding carboxylic acids is 1. The highest BCUT2D eigenvalue weighted by atomic mass is 35.5. The summed E-state index contributed by atoms with van der Waals surface area (Å²) in [6, 6.07) is 9.10. The molecule has 110 valence electrons. The van der Waals surface area contributed by atoms with Crippen molar-refractivity contribution in [2.45, 2.75) is 19.4 Å². The number of nitrogens with zero attached hydrogens (tertiary/aromatic N) is 1. The zero-order chi connectivity index (χ0) is 15.4. The van der Waals surface area contributed by atoms with E-state index < -0.39 is 6.04 Å². The van der Waals surface area contributed by atoms with Gasteiger partial charge in [-0.3, -0.25) is 9.59 Å². The fourth-order valence-electron chi connectivity index (χ4n) is 2.07. The number of pyridine rings is 1. The lowest BCUT2D eigenvalue weighted by molar-refractivity contribution is -0.119. The standard InChI is InChI=1S/C15H16ClN3O2/c1-2-13(19-9-10(16)6-7-14(19)20)15(21)18-12-5-3-4-11(17)8-12/h3-9,13H,2,17H2,1H3,(H,18,21). The van der Waals surface area contributed by atoms with Gasteiger partial charge in [0.1, 0.15) is 6.04 Å². The van der Waals surface area contributed by atoms with Crippen molar-refractivity contribution < 1.29 is 4.79 Å². The third-order valence-electron chi connectivity index (χ3n) is 3.08. The van der Waals surface area contributed by atoms with E-state index in [0.717, 1.165) is 0 Å². The highest BCUT2D eigenvalue weighted by Crippen LogP contribution is 2.17. The van der Waals surface area contributed by atoms with Gasteiger partial charge in [-0.05, 0) is 30.7 Å². The molecular formula is C15H16ClN3O2. The van der Waals surface area contributed by atoms with E-state index >= 15 is 0 Å². The van der Waals surface area contributed by atoms with Crippen molar-refractivity contribution in [1.82, 2.24) is 4.57 Å². The second kappa shape index (κ2) is 6.45. The largest absolute Gasteiger partial charge is 0.399 e. The number of rotatable bonds is 4. The van der Waals surface area contributed by atoms with Crippen molar-refractivity contribution in [3.8, 4) is 0 Å². The van der Waals surface area contributed by atoms with E-state index in [4.69, 9.17) is 17.3 Å². The molecule has 0 aliphatic heterocycles. The topological polar surface area (TPSA) is 77.1 Å². The van der Waals surface area contributed by atoms with Crippen molar-refractivity contribution >= 4 is 28.9 Å². The fourth-order valence-corrected chi connectivity index (χ4v) is 2.24. The first-order valence-corrected chi connectivity index (χ1v) is 6.93. The third-order valence-corrected chi connectivity index (χ3v) is 3.30. The summed E-state index contributed by atoms with van der Waals surface area (Å²) in [5, 5.41) is 3.16. The van der Waals surface area contributed by atoms with Crippen LogP contribution in [0.2, 0.25) is 5.02 Å².